The Morgan fingerprint density at radius 2 is 1.47 bits per heavy atom. The van der Waals surface area contributed by atoms with Gasteiger partial charge in [0.15, 0.2) is 5.82 Å². The molecule has 384 valence electrons. The summed E-state index contributed by atoms with van der Waals surface area (Å²) in [5, 5.41) is 6.18. The van der Waals surface area contributed by atoms with E-state index in [0.717, 1.165) is 128 Å². The number of rotatable bonds is 10. The largest absolute Gasteiger partial charge is 0.371 e. The Labute approximate surface area is 428 Å². The van der Waals surface area contributed by atoms with E-state index in [1.807, 2.05) is 18.5 Å². The summed E-state index contributed by atoms with van der Waals surface area (Å²) in [4.78, 5) is 89.9. The zero-order valence-electron chi connectivity index (χ0n) is 42.8. The molecule has 4 aromatic rings. The number of aromatic nitrogens is 3. The van der Waals surface area contributed by atoms with E-state index < -0.39 is 5.41 Å². The van der Waals surface area contributed by atoms with Gasteiger partial charge in [0.2, 0.25) is 29.5 Å². The smallest absolute Gasteiger partial charge is 0.238 e. The number of likely N-dealkylation sites (tertiary alicyclic amines) is 2. The zero-order valence-corrected chi connectivity index (χ0v) is 42.8. The second-order valence-corrected chi connectivity index (χ2v) is 23.7. The molecule has 0 radical (unpaired) electrons. The second-order valence-electron chi connectivity index (χ2n) is 23.7. The summed E-state index contributed by atoms with van der Waals surface area (Å²) < 4.78 is 2.20. The molecule has 1 spiro atoms. The molecule has 13 rings (SSSR count). The van der Waals surface area contributed by atoms with Gasteiger partial charge in [-0.1, -0.05) is 30.7 Å². The van der Waals surface area contributed by atoms with Crippen molar-refractivity contribution in [2.45, 2.75) is 171 Å². The molecule has 2 aliphatic carbocycles. The highest BCUT2D eigenvalue weighted by atomic mass is 16.2. The molecule has 5 amide bonds. The van der Waals surface area contributed by atoms with Crippen molar-refractivity contribution in [3.05, 3.63) is 66.0 Å². The summed E-state index contributed by atoms with van der Waals surface area (Å²) in [5.74, 6) is 0.693. The molecule has 2 bridgehead atoms. The molecular weight excluding hydrogens is 917 g/mol. The second kappa shape index (κ2) is 18.5. The molecule has 2 aromatic heterocycles. The minimum Gasteiger partial charge on any atom is -0.371 e. The Balaban J connectivity index is 0.678. The van der Waals surface area contributed by atoms with Crippen molar-refractivity contribution < 1.29 is 24.0 Å². The van der Waals surface area contributed by atoms with Crippen molar-refractivity contribution >= 4 is 57.8 Å². The third-order valence-electron chi connectivity index (χ3n) is 19.1. The maximum atomic E-state index is 15.3. The number of pyridine rings is 1. The highest BCUT2D eigenvalue weighted by molar-refractivity contribution is 6.09. The van der Waals surface area contributed by atoms with Crippen LogP contribution in [0.15, 0.2) is 54.9 Å². The number of nitrogens with zero attached hydrogens (tertiary/aromatic N) is 8. The summed E-state index contributed by atoms with van der Waals surface area (Å²) >= 11 is 0. The number of hydrogen-bond donors (Lipinski definition) is 2. The molecule has 9 heterocycles. The molecule has 2 N–H and O–H groups in total. The lowest BCUT2D eigenvalue weighted by Gasteiger charge is -2.48. The van der Waals surface area contributed by atoms with E-state index in [0.29, 0.717) is 63.7 Å². The molecule has 7 aliphatic heterocycles. The quantitative estimate of drug-likeness (QED) is 0.151. The molecule has 2 unspecified atom stereocenters. The summed E-state index contributed by atoms with van der Waals surface area (Å²) in [6, 6.07) is 18.4. The molecule has 9 aliphatic rings. The van der Waals surface area contributed by atoms with Crippen molar-refractivity contribution in [3.8, 4) is 11.3 Å². The average Bonchev–Trinajstić information content (AvgIpc) is 3.98. The first-order valence-electron chi connectivity index (χ1n) is 28.2. The third-order valence-corrected chi connectivity index (χ3v) is 19.1. The van der Waals surface area contributed by atoms with E-state index in [4.69, 9.17) is 9.97 Å². The average molecular weight is 989 g/mol. The van der Waals surface area contributed by atoms with Gasteiger partial charge in [-0.15, -0.1) is 0 Å². The van der Waals surface area contributed by atoms with Crippen LogP contribution in [0.1, 0.15) is 146 Å². The van der Waals surface area contributed by atoms with Crippen LogP contribution in [0.25, 0.3) is 22.3 Å². The van der Waals surface area contributed by atoms with Crippen LogP contribution in [0.5, 0.6) is 0 Å². The molecule has 6 saturated heterocycles. The molecular formula is C58H72N10O5. The molecule has 3 atom stereocenters. The van der Waals surface area contributed by atoms with Gasteiger partial charge in [0.05, 0.1) is 28.9 Å². The van der Waals surface area contributed by atoms with E-state index >= 15 is 4.79 Å². The SMILES string of the molecule is CC(C)n1cnc2cc(-c3ccc4c(c3)N(C3CC(N5CCCCC5)C3)C(=O)C43CCN(C(=O)C4CC5CCC(C4)N5C(=O)C4CCN(c5ccc([C@H]6CCC(=O)NC6=O)cc5)CC4)CC3)nc(NC3CC3)c21. The number of piperidine rings is 5. The Morgan fingerprint density at radius 1 is 0.740 bits per heavy atom. The topological polar surface area (TPSA) is 156 Å². The summed E-state index contributed by atoms with van der Waals surface area (Å²) in [5.41, 5.74) is 7.29. The highest BCUT2D eigenvalue weighted by Crippen LogP contribution is 2.53. The molecule has 15 nitrogen and oxygen atoms in total. The lowest BCUT2D eigenvalue weighted by Crippen LogP contribution is -2.59. The maximum absolute atomic E-state index is 15.3. The zero-order chi connectivity index (χ0) is 49.7. The number of imide groups is 1. The fraction of sp³-hybridized carbons (Fsp3) is 0.603. The number of amides is 5. The summed E-state index contributed by atoms with van der Waals surface area (Å²) in [7, 11) is 0. The lowest BCUT2D eigenvalue weighted by atomic mass is 9.73. The number of benzene rings is 2. The van der Waals surface area contributed by atoms with Crippen molar-refractivity contribution in [1.82, 2.24) is 34.6 Å². The number of carbonyl (C=O) groups excluding carboxylic acids is 5. The minimum absolute atomic E-state index is 0.0259. The van der Waals surface area contributed by atoms with Gasteiger partial charge in [-0.2, -0.15) is 0 Å². The van der Waals surface area contributed by atoms with Crippen molar-refractivity contribution in [1.29, 1.82) is 0 Å². The highest BCUT2D eigenvalue weighted by Gasteiger charge is 2.57. The fourth-order valence-electron chi connectivity index (χ4n) is 14.7. The standard InChI is InChI=1S/C58H72N10O5/c1-35(2)66-34-59-49-33-48(61-53(52(49)66)60-40-9-10-40)38-8-16-47-50(30-38)68(45-31-44(32-45)63-22-4-3-5-23-63)57(73)58(47)20-26-65(27-21-58)55(71)39-28-42-13-14-43(29-39)67(42)56(72)37-18-24-64(25-19-37)41-11-6-36(7-12-41)46-15-17-51(69)62-54(46)70/h6-8,11-12,16,30,33-35,37,39-40,42-46H,3-5,9-10,13-15,17-29,31-32H2,1-2H3,(H,60,61)(H,62,69,70)/t39?,42?,43?,44?,45?,46-/m1/s1. The fourth-order valence-corrected chi connectivity index (χ4v) is 14.7. The van der Waals surface area contributed by atoms with Crippen molar-refractivity contribution in [3.63, 3.8) is 0 Å². The van der Waals surface area contributed by atoms with Crippen LogP contribution in [0.3, 0.4) is 0 Å². The van der Waals surface area contributed by atoms with Crippen LogP contribution in [0.2, 0.25) is 0 Å². The Bertz CT molecular complexity index is 2820. The molecule has 15 heteroatoms. The summed E-state index contributed by atoms with van der Waals surface area (Å²) in [6.07, 6.45) is 17.1. The van der Waals surface area contributed by atoms with Gasteiger partial charge in [-0.25, -0.2) is 9.97 Å². The first-order valence-corrected chi connectivity index (χ1v) is 28.2. The van der Waals surface area contributed by atoms with Crippen LogP contribution in [-0.4, -0.2) is 128 Å². The first-order chi connectivity index (χ1) is 35.5. The third kappa shape index (κ3) is 8.30. The van der Waals surface area contributed by atoms with Gasteiger partial charge in [-0.3, -0.25) is 29.3 Å². The van der Waals surface area contributed by atoms with Gasteiger partial charge in [0.25, 0.3) is 0 Å². The number of carbonyl (C=O) groups is 5. The van der Waals surface area contributed by atoms with Gasteiger partial charge < -0.3 is 34.4 Å². The molecule has 2 aromatic carbocycles. The Kier molecular flexibility index (Phi) is 11.9. The molecule has 73 heavy (non-hydrogen) atoms. The number of nitrogens with one attached hydrogen (secondary N) is 2. The molecule has 8 fully saturated rings. The van der Waals surface area contributed by atoms with E-state index in [-0.39, 0.29) is 71.5 Å². The predicted molar refractivity (Wildman–Crippen MR) is 280 cm³/mol. The number of anilines is 3. The van der Waals surface area contributed by atoms with E-state index in [1.165, 1.54) is 19.3 Å². The van der Waals surface area contributed by atoms with Crippen LogP contribution < -0.4 is 20.4 Å². The predicted octanol–water partition coefficient (Wildman–Crippen LogP) is 7.68. The number of fused-ring (bicyclic) bond motifs is 5. The van der Waals surface area contributed by atoms with E-state index in [9.17, 15) is 19.2 Å². The normalized spacial score (nSPS) is 28.5. The Morgan fingerprint density at radius 3 is 2.15 bits per heavy atom. The minimum atomic E-state index is -0.670. The van der Waals surface area contributed by atoms with Gasteiger partial charge in [-0.05, 0) is 159 Å². The molecule has 2 saturated carbocycles. The van der Waals surface area contributed by atoms with Gasteiger partial charge in [0.1, 0.15) is 5.52 Å². The van der Waals surface area contributed by atoms with Crippen molar-refractivity contribution in [2.75, 3.05) is 54.4 Å². The Hall–Kier alpha value is -5.83. The van der Waals surface area contributed by atoms with Crippen molar-refractivity contribution in [2.24, 2.45) is 11.8 Å². The van der Waals surface area contributed by atoms with E-state index in [2.05, 4.69) is 89.9 Å². The summed E-state index contributed by atoms with van der Waals surface area (Å²) in [6.45, 7) is 9.36. The monoisotopic (exact) mass is 989 g/mol. The number of imidazole rings is 1. The van der Waals surface area contributed by atoms with Gasteiger partial charge >= 0.3 is 0 Å². The maximum Gasteiger partial charge on any atom is 0.238 e. The van der Waals surface area contributed by atoms with E-state index in [1.54, 1.807) is 0 Å². The lowest BCUT2D eigenvalue weighted by molar-refractivity contribution is -0.148. The van der Waals surface area contributed by atoms with Crippen LogP contribution in [0.4, 0.5) is 17.2 Å². The van der Waals surface area contributed by atoms with Crippen LogP contribution in [0, 0.1) is 11.8 Å². The van der Waals surface area contributed by atoms with Crippen LogP contribution >= 0.6 is 0 Å². The number of hydrogen-bond acceptors (Lipinski definition) is 10. The van der Waals surface area contributed by atoms with Crippen LogP contribution in [-0.2, 0) is 29.4 Å². The first kappa shape index (κ1) is 46.9. The van der Waals surface area contributed by atoms with Gasteiger partial charge in [0, 0.05) is 97.6 Å².